The Morgan fingerprint density at radius 2 is 1.89 bits per heavy atom. The number of halogens is 2. The van der Waals surface area contributed by atoms with Crippen LogP contribution in [-0.4, -0.2) is 48.6 Å². The summed E-state index contributed by atoms with van der Waals surface area (Å²) in [6, 6.07) is 3.44. The van der Waals surface area contributed by atoms with E-state index < -0.39 is 0 Å². The van der Waals surface area contributed by atoms with Crippen molar-refractivity contribution in [1.82, 2.24) is 29.6 Å². The third-order valence-corrected chi connectivity index (χ3v) is 7.60. The van der Waals surface area contributed by atoms with Gasteiger partial charge in [-0.1, -0.05) is 34.5 Å². The molecule has 13 heteroatoms. The molecule has 0 fully saturated rings. The molecule has 2 amide bonds. The van der Waals surface area contributed by atoms with Gasteiger partial charge in [0, 0.05) is 30.1 Å². The highest BCUT2D eigenvalue weighted by molar-refractivity contribution is 7.16. The molecule has 0 saturated heterocycles. The van der Waals surface area contributed by atoms with E-state index in [2.05, 4.69) is 25.4 Å². The van der Waals surface area contributed by atoms with E-state index >= 15 is 0 Å². The third-order valence-electron chi connectivity index (χ3n) is 5.94. The van der Waals surface area contributed by atoms with Gasteiger partial charge in [0.1, 0.15) is 16.6 Å². The molecule has 0 radical (unpaired) electrons. The van der Waals surface area contributed by atoms with Crippen LogP contribution >= 0.6 is 34.5 Å². The van der Waals surface area contributed by atoms with Crippen molar-refractivity contribution in [2.45, 2.75) is 26.9 Å². The highest BCUT2D eigenvalue weighted by Gasteiger charge is 2.32. The molecule has 0 bridgehead atoms. The number of carbonyl (C=O) groups excluding carboxylic acids is 2. The first-order chi connectivity index (χ1) is 17.7. The van der Waals surface area contributed by atoms with Crippen LogP contribution < -0.4 is 10.1 Å². The van der Waals surface area contributed by atoms with Gasteiger partial charge < -0.3 is 9.64 Å². The lowest BCUT2D eigenvalue weighted by molar-refractivity contribution is 0.0739. The van der Waals surface area contributed by atoms with Gasteiger partial charge in [-0.25, -0.2) is 9.97 Å². The summed E-state index contributed by atoms with van der Waals surface area (Å²) in [5.74, 6) is -0.120. The molecule has 5 heterocycles. The molecule has 1 aliphatic rings. The predicted octanol–water partition coefficient (Wildman–Crippen LogP) is 4.67. The van der Waals surface area contributed by atoms with Crippen molar-refractivity contribution in [2.75, 3.05) is 12.4 Å². The first-order valence-corrected chi connectivity index (χ1v) is 12.7. The summed E-state index contributed by atoms with van der Waals surface area (Å²) in [7, 11) is 3.21. The topological polar surface area (TPSA) is 115 Å². The maximum absolute atomic E-state index is 13.3. The van der Waals surface area contributed by atoms with E-state index in [-0.39, 0.29) is 17.0 Å². The van der Waals surface area contributed by atoms with Gasteiger partial charge in [-0.2, -0.15) is 5.10 Å². The molecule has 0 aromatic carbocycles. The van der Waals surface area contributed by atoms with Crippen molar-refractivity contribution >= 4 is 51.5 Å². The molecule has 10 nitrogen and oxygen atoms in total. The number of anilines is 1. The summed E-state index contributed by atoms with van der Waals surface area (Å²) in [6.07, 6.45) is 3.02. The van der Waals surface area contributed by atoms with Gasteiger partial charge in [-0.05, 0) is 26.0 Å². The van der Waals surface area contributed by atoms with E-state index in [0.717, 1.165) is 16.3 Å². The molecule has 190 valence electrons. The number of pyridine rings is 2. The fraction of sp³-hybridized carbons (Fsp3) is 0.250. The van der Waals surface area contributed by atoms with E-state index in [1.165, 1.54) is 35.5 Å². The third kappa shape index (κ3) is 4.65. The number of carbonyl (C=O) groups is 2. The first-order valence-electron chi connectivity index (χ1n) is 11.1. The largest absolute Gasteiger partial charge is 0.494 e. The average Bonchev–Trinajstić information content (AvgIpc) is 3.49. The highest BCUT2D eigenvalue weighted by atomic mass is 35.5. The molecule has 4 aromatic heterocycles. The van der Waals surface area contributed by atoms with E-state index in [1.54, 1.807) is 31.0 Å². The van der Waals surface area contributed by atoms with Crippen molar-refractivity contribution in [3.63, 3.8) is 0 Å². The van der Waals surface area contributed by atoms with Crippen molar-refractivity contribution in [2.24, 2.45) is 7.05 Å². The number of aryl methyl sites for hydroxylation is 3. The molecule has 1 aliphatic heterocycles. The van der Waals surface area contributed by atoms with Crippen molar-refractivity contribution in [3.05, 3.63) is 67.9 Å². The van der Waals surface area contributed by atoms with Crippen molar-refractivity contribution in [1.29, 1.82) is 0 Å². The number of aromatic nitrogens is 5. The standard InChI is InChI=1S/C24H21Cl2N7O3S/c1-11-5-13(14-6-19(25)28-8-17(14)36-4)15(7-27-11)22(34)30-24-29-16-9-33(10-18(16)37-24)23(35)21-20(26)12(2)31-32(21)3/h5-8H,9-10H2,1-4H3,(H,29,30,34). The number of hydrogen-bond donors (Lipinski definition) is 1. The monoisotopic (exact) mass is 557 g/mol. The number of thiazole rings is 1. The van der Waals surface area contributed by atoms with Gasteiger partial charge in [0.15, 0.2) is 5.13 Å². The lowest BCUT2D eigenvalue weighted by Crippen LogP contribution is -2.27. The Kier molecular flexibility index (Phi) is 6.61. The average molecular weight is 558 g/mol. The number of hydrogen-bond acceptors (Lipinski definition) is 8. The normalized spacial score (nSPS) is 12.5. The van der Waals surface area contributed by atoms with Crippen LogP contribution in [0.1, 0.15) is 42.8 Å². The van der Waals surface area contributed by atoms with Crippen LogP contribution in [-0.2, 0) is 20.1 Å². The van der Waals surface area contributed by atoms with Gasteiger partial charge >= 0.3 is 0 Å². The summed E-state index contributed by atoms with van der Waals surface area (Å²) in [4.78, 5) is 41.8. The lowest BCUT2D eigenvalue weighted by Gasteiger charge is -2.16. The maximum Gasteiger partial charge on any atom is 0.274 e. The highest BCUT2D eigenvalue weighted by Crippen LogP contribution is 2.36. The zero-order valence-corrected chi connectivity index (χ0v) is 22.6. The molecule has 0 unspecified atom stereocenters. The van der Waals surface area contributed by atoms with Crippen LogP contribution in [0.5, 0.6) is 5.75 Å². The minimum atomic E-state index is -0.380. The van der Waals surface area contributed by atoms with Gasteiger partial charge in [-0.15, -0.1) is 0 Å². The summed E-state index contributed by atoms with van der Waals surface area (Å²) in [5.41, 5.74) is 3.96. The van der Waals surface area contributed by atoms with Crippen LogP contribution in [0.2, 0.25) is 10.2 Å². The van der Waals surface area contributed by atoms with Crippen LogP contribution in [0.15, 0.2) is 24.5 Å². The minimum absolute atomic E-state index is 0.218. The Morgan fingerprint density at radius 3 is 2.57 bits per heavy atom. The van der Waals surface area contributed by atoms with Crippen LogP contribution in [0.4, 0.5) is 5.13 Å². The number of rotatable bonds is 5. The first kappa shape index (κ1) is 25.1. The second-order valence-electron chi connectivity index (χ2n) is 8.45. The number of amides is 2. The Morgan fingerprint density at radius 1 is 1.11 bits per heavy atom. The summed E-state index contributed by atoms with van der Waals surface area (Å²) in [5, 5.41) is 8.14. The van der Waals surface area contributed by atoms with E-state index in [9.17, 15) is 9.59 Å². The molecular weight excluding hydrogens is 537 g/mol. The summed E-state index contributed by atoms with van der Waals surface area (Å²) < 4.78 is 6.93. The van der Waals surface area contributed by atoms with E-state index in [1.807, 2.05) is 6.92 Å². The zero-order valence-electron chi connectivity index (χ0n) is 20.3. The SMILES string of the molecule is COc1cnc(Cl)cc1-c1cc(C)ncc1C(=O)Nc1nc2c(s1)CN(C(=O)c1c(Cl)c(C)nn1C)C2. The Labute approximate surface area is 226 Å². The van der Waals surface area contributed by atoms with Crippen molar-refractivity contribution in [3.8, 4) is 16.9 Å². The fourth-order valence-corrected chi connectivity index (χ4v) is 5.55. The molecular formula is C24H21Cl2N7O3S. The lowest BCUT2D eigenvalue weighted by atomic mass is 10.0. The number of fused-ring (bicyclic) bond motifs is 1. The molecule has 0 spiro atoms. The molecule has 1 N–H and O–H groups in total. The Balaban J connectivity index is 1.37. The van der Waals surface area contributed by atoms with Crippen LogP contribution in [0.3, 0.4) is 0 Å². The fourth-order valence-electron chi connectivity index (χ4n) is 4.17. The molecule has 0 aliphatic carbocycles. The van der Waals surface area contributed by atoms with Gasteiger partial charge in [0.25, 0.3) is 11.8 Å². The smallest absolute Gasteiger partial charge is 0.274 e. The molecule has 37 heavy (non-hydrogen) atoms. The number of ether oxygens (including phenoxy) is 1. The maximum atomic E-state index is 13.3. The van der Waals surface area contributed by atoms with E-state index in [0.29, 0.717) is 57.1 Å². The summed E-state index contributed by atoms with van der Waals surface area (Å²) in [6.45, 7) is 4.26. The summed E-state index contributed by atoms with van der Waals surface area (Å²) >= 11 is 13.7. The Hall–Kier alpha value is -3.54. The van der Waals surface area contributed by atoms with Gasteiger partial charge in [-0.3, -0.25) is 24.6 Å². The Bertz CT molecular complexity index is 1540. The van der Waals surface area contributed by atoms with Gasteiger partial charge in [0.05, 0.1) is 53.2 Å². The van der Waals surface area contributed by atoms with Crippen molar-refractivity contribution < 1.29 is 14.3 Å². The zero-order chi connectivity index (χ0) is 26.4. The quantitative estimate of drug-likeness (QED) is 0.354. The minimum Gasteiger partial charge on any atom is -0.494 e. The number of nitrogens with zero attached hydrogens (tertiary/aromatic N) is 6. The second-order valence-corrected chi connectivity index (χ2v) is 10.3. The number of nitrogens with one attached hydrogen (secondary N) is 1. The van der Waals surface area contributed by atoms with E-state index in [4.69, 9.17) is 27.9 Å². The molecule has 0 atom stereocenters. The molecule has 5 rings (SSSR count). The van der Waals surface area contributed by atoms with Crippen LogP contribution in [0.25, 0.3) is 11.1 Å². The molecule has 0 saturated carbocycles. The predicted molar refractivity (Wildman–Crippen MR) is 140 cm³/mol. The molecule has 4 aromatic rings. The van der Waals surface area contributed by atoms with Crippen LogP contribution in [0, 0.1) is 13.8 Å². The number of methoxy groups -OCH3 is 1. The van der Waals surface area contributed by atoms with Gasteiger partial charge in [0.2, 0.25) is 0 Å². The second kappa shape index (κ2) is 9.73.